The van der Waals surface area contributed by atoms with Crippen LogP contribution >= 0.6 is 0 Å². The van der Waals surface area contributed by atoms with Crippen molar-refractivity contribution in [1.82, 2.24) is 20.0 Å². The molecule has 2 aliphatic carbocycles. The summed E-state index contributed by atoms with van der Waals surface area (Å²) in [6, 6.07) is 5.45. The maximum Gasteiger partial charge on any atom is 0.306 e. The van der Waals surface area contributed by atoms with E-state index in [9.17, 15) is 9.90 Å². The molecule has 2 aromatic rings. The summed E-state index contributed by atoms with van der Waals surface area (Å²) in [5, 5.41) is 10.9. The monoisotopic (exact) mass is 482 g/mol. The molecule has 0 aromatic carbocycles. The molecule has 4 rings (SSSR count). The molecule has 4 unspecified atom stereocenters. The van der Waals surface area contributed by atoms with Crippen LogP contribution in [0.3, 0.4) is 0 Å². The van der Waals surface area contributed by atoms with Crippen LogP contribution in [0.2, 0.25) is 0 Å². The molecule has 10 heteroatoms. The van der Waals surface area contributed by atoms with Crippen LogP contribution in [-0.2, 0) is 11.2 Å². The zero-order chi connectivity index (χ0) is 25.1. The van der Waals surface area contributed by atoms with Crippen molar-refractivity contribution in [3.05, 3.63) is 47.3 Å². The van der Waals surface area contributed by atoms with Crippen LogP contribution in [0.4, 0.5) is 0 Å². The number of carboxylic acids is 1. The highest BCUT2D eigenvalue weighted by molar-refractivity contribution is 5.71. The van der Waals surface area contributed by atoms with Crippen LogP contribution in [0.1, 0.15) is 49.7 Å². The highest BCUT2D eigenvalue weighted by atomic mass is 16.5. The van der Waals surface area contributed by atoms with Gasteiger partial charge in [-0.1, -0.05) is 6.92 Å². The van der Waals surface area contributed by atoms with Gasteiger partial charge in [0.15, 0.2) is 0 Å². The minimum Gasteiger partial charge on any atom is -0.489 e. The molecular formula is C25H34N6O4. The van der Waals surface area contributed by atoms with Crippen molar-refractivity contribution < 1.29 is 19.4 Å². The Bertz CT molecular complexity index is 1110. The first kappa shape index (κ1) is 24.7. The number of hydrazine groups is 1. The van der Waals surface area contributed by atoms with Gasteiger partial charge >= 0.3 is 5.97 Å². The molecular weight excluding hydrogens is 448 g/mol. The molecule has 0 aliphatic heterocycles. The first-order chi connectivity index (χ1) is 16.8. The van der Waals surface area contributed by atoms with Crippen LogP contribution in [0.15, 0.2) is 30.2 Å². The molecule has 2 aromatic heterocycles. The second-order valence-corrected chi connectivity index (χ2v) is 9.40. The van der Waals surface area contributed by atoms with E-state index in [2.05, 4.69) is 15.0 Å². The van der Waals surface area contributed by atoms with Crippen molar-refractivity contribution in [3.63, 3.8) is 0 Å². The molecule has 4 atom stereocenters. The number of likely N-dealkylation sites (N-methyl/N-ethyl adjacent to an activating group) is 1. The third-order valence-corrected chi connectivity index (χ3v) is 7.15. The molecule has 5 N–H and O–H groups in total. The van der Waals surface area contributed by atoms with E-state index in [0.29, 0.717) is 40.3 Å². The zero-order valence-corrected chi connectivity index (χ0v) is 20.5. The summed E-state index contributed by atoms with van der Waals surface area (Å²) >= 11 is 0. The average Bonchev–Trinajstić information content (AvgIpc) is 3.40. The number of fused-ring (bicyclic) bond motifs is 1. The summed E-state index contributed by atoms with van der Waals surface area (Å²) in [6.45, 7) is 4.00. The van der Waals surface area contributed by atoms with Crippen LogP contribution < -0.4 is 21.1 Å². The van der Waals surface area contributed by atoms with Gasteiger partial charge in [-0.3, -0.25) is 4.79 Å². The number of aromatic nitrogens is 3. The van der Waals surface area contributed by atoms with E-state index in [1.165, 1.54) is 11.3 Å². The Hall–Kier alpha value is -3.40. The normalized spacial score (nSPS) is 24.0. The third-order valence-electron chi connectivity index (χ3n) is 7.15. The molecule has 2 saturated carbocycles. The summed E-state index contributed by atoms with van der Waals surface area (Å²) in [4.78, 5) is 24.5. The molecule has 188 valence electrons. The number of ether oxygens (including phenoxy) is 2. The Morgan fingerprint density at radius 2 is 2.06 bits per heavy atom. The van der Waals surface area contributed by atoms with Gasteiger partial charge in [0.1, 0.15) is 18.7 Å². The minimum absolute atomic E-state index is 0.00593. The van der Waals surface area contributed by atoms with Gasteiger partial charge in [-0.15, -0.1) is 0 Å². The van der Waals surface area contributed by atoms with Crippen molar-refractivity contribution in [3.8, 4) is 11.6 Å². The van der Waals surface area contributed by atoms with Gasteiger partial charge in [-0.05, 0) is 63.0 Å². The number of aryl methyl sites for hydroxylation is 2. The molecule has 2 aliphatic rings. The number of rotatable bonds is 9. The third kappa shape index (κ3) is 5.48. The topological polar surface area (TPSA) is 150 Å². The first-order valence-corrected chi connectivity index (χ1v) is 12.0. The number of aliphatic carboxylic acids is 1. The lowest BCUT2D eigenvalue weighted by molar-refractivity contribution is -0.143. The maximum atomic E-state index is 11.5. The maximum absolute atomic E-state index is 11.5. The van der Waals surface area contributed by atoms with E-state index in [0.717, 1.165) is 37.8 Å². The van der Waals surface area contributed by atoms with E-state index in [1.807, 2.05) is 19.9 Å². The second kappa shape index (κ2) is 10.5. The van der Waals surface area contributed by atoms with Crippen LogP contribution in [0.5, 0.6) is 11.6 Å². The molecule has 2 fully saturated rings. The van der Waals surface area contributed by atoms with Crippen molar-refractivity contribution in [2.45, 2.75) is 52.1 Å². The van der Waals surface area contributed by atoms with Crippen molar-refractivity contribution in [1.29, 1.82) is 0 Å². The van der Waals surface area contributed by atoms with Gasteiger partial charge < -0.3 is 25.3 Å². The molecule has 0 saturated heterocycles. The predicted octanol–water partition coefficient (Wildman–Crippen LogP) is 2.52. The van der Waals surface area contributed by atoms with Gasteiger partial charge in [-0.2, -0.15) is 0 Å². The second-order valence-electron chi connectivity index (χ2n) is 9.40. The fourth-order valence-electron chi connectivity index (χ4n) is 5.25. The fraction of sp³-hybridized carbons (Fsp3) is 0.520. The predicted molar refractivity (Wildman–Crippen MR) is 130 cm³/mol. The number of hydrogen-bond acceptors (Lipinski definition) is 9. The van der Waals surface area contributed by atoms with Crippen molar-refractivity contribution >= 4 is 11.7 Å². The smallest absolute Gasteiger partial charge is 0.306 e. The summed E-state index contributed by atoms with van der Waals surface area (Å²) < 4.78 is 12.1. The molecule has 10 nitrogen and oxygen atoms in total. The Morgan fingerprint density at radius 3 is 2.74 bits per heavy atom. The van der Waals surface area contributed by atoms with Crippen LogP contribution in [-0.4, -0.2) is 50.8 Å². The lowest BCUT2D eigenvalue weighted by Crippen LogP contribution is -2.31. The van der Waals surface area contributed by atoms with E-state index in [4.69, 9.17) is 21.1 Å². The van der Waals surface area contributed by atoms with E-state index in [-0.39, 0.29) is 24.5 Å². The van der Waals surface area contributed by atoms with E-state index in [1.54, 1.807) is 19.2 Å². The summed E-state index contributed by atoms with van der Waals surface area (Å²) in [5.74, 6) is 6.87. The molecule has 35 heavy (non-hydrogen) atoms. The number of nitrogens with two attached hydrogens (primary N) is 2. The van der Waals surface area contributed by atoms with Gasteiger partial charge in [0.25, 0.3) is 0 Å². The zero-order valence-electron chi connectivity index (χ0n) is 20.5. The number of carboxylic acid groups (broad SMARTS) is 1. The number of carbonyl (C=O) groups is 1. The van der Waals surface area contributed by atoms with Gasteiger partial charge in [0.2, 0.25) is 5.88 Å². The fourth-order valence-corrected chi connectivity index (χ4v) is 5.25. The Labute approximate surface area is 205 Å². The van der Waals surface area contributed by atoms with Crippen LogP contribution in [0.25, 0.3) is 5.70 Å². The van der Waals surface area contributed by atoms with Gasteiger partial charge in [0, 0.05) is 18.8 Å². The van der Waals surface area contributed by atoms with Crippen molar-refractivity contribution in [2.75, 3.05) is 13.7 Å². The first-order valence-electron chi connectivity index (χ1n) is 12.0. The highest BCUT2D eigenvalue weighted by Gasteiger charge is 2.47. The number of nitrogens with zero attached hydrogens (tertiary/aromatic N) is 4. The molecule has 2 heterocycles. The van der Waals surface area contributed by atoms with Crippen molar-refractivity contribution in [2.24, 2.45) is 29.3 Å². The highest BCUT2D eigenvalue weighted by Crippen LogP contribution is 2.48. The minimum atomic E-state index is -0.683. The number of hydrogen-bond donors (Lipinski definition) is 3. The van der Waals surface area contributed by atoms with Crippen LogP contribution in [0, 0.1) is 24.7 Å². The Morgan fingerprint density at radius 1 is 1.26 bits per heavy atom. The lowest BCUT2D eigenvalue weighted by atomic mass is 9.92. The quantitative estimate of drug-likeness (QED) is 0.359. The number of pyridine rings is 1. The molecule has 0 bridgehead atoms. The molecule has 0 radical (unpaired) electrons. The van der Waals surface area contributed by atoms with Gasteiger partial charge in [-0.25, -0.2) is 20.8 Å². The summed E-state index contributed by atoms with van der Waals surface area (Å²) in [7, 11) is 1.69. The lowest BCUT2D eigenvalue weighted by Gasteiger charge is -2.21. The Balaban J connectivity index is 1.45. The molecule has 0 amide bonds. The van der Waals surface area contributed by atoms with E-state index >= 15 is 0 Å². The average molecular weight is 483 g/mol. The Kier molecular flexibility index (Phi) is 7.39. The van der Waals surface area contributed by atoms with Gasteiger partial charge in [0.05, 0.1) is 34.8 Å². The molecule has 0 spiro atoms. The van der Waals surface area contributed by atoms with E-state index < -0.39 is 5.97 Å². The largest absolute Gasteiger partial charge is 0.489 e. The SMILES string of the molecule is CCc1cc(OC/C(=C(/N)c2ccc(OC3CC4CCC(C(=O)O)C4C3)c(C)n2)N(C)N)ncn1. The summed E-state index contributed by atoms with van der Waals surface area (Å²) in [5.41, 5.74) is 9.55. The summed E-state index contributed by atoms with van der Waals surface area (Å²) in [6.07, 6.45) is 5.65. The standard InChI is InChI=1S/C25H34N6O4/c1-4-16-10-23(29-13-28-16)34-12-21(31(3)27)24(26)20-7-8-22(14(2)30-20)35-17-9-15-5-6-18(25(32)33)19(15)11-17/h7-8,10,13,15,17-19H,4-6,9,11-12,26-27H2,1-3H3,(H,32,33)/b24-21-.